The van der Waals surface area contributed by atoms with Gasteiger partial charge in [0.15, 0.2) is 0 Å². The molecule has 112 heavy (non-hydrogen) atoms. The molecule has 0 spiro atoms. The Balaban J connectivity index is 0.881. The van der Waals surface area contributed by atoms with Crippen LogP contribution >= 0.6 is 0 Å². The van der Waals surface area contributed by atoms with Gasteiger partial charge in [-0.25, -0.2) is 0 Å². The molecule has 6 heteroatoms. The number of benzene rings is 12. The summed E-state index contributed by atoms with van der Waals surface area (Å²) in [4.78, 5) is 0. The van der Waals surface area contributed by atoms with Crippen LogP contribution in [0, 0.1) is 0 Å². The highest BCUT2D eigenvalue weighted by molar-refractivity contribution is 6.92. The molecule has 16 aromatic rings. The zero-order valence-electron chi connectivity index (χ0n) is 70.6. The van der Waals surface area contributed by atoms with Gasteiger partial charge in [0.1, 0.15) is 0 Å². The van der Waals surface area contributed by atoms with Crippen molar-refractivity contribution < 1.29 is 0 Å². The molecule has 0 radical (unpaired) electrons. The van der Waals surface area contributed by atoms with E-state index in [0.29, 0.717) is 0 Å². The summed E-state index contributed by atoms with van der Waals surface area (Å²) in [6, 6.07) is 84.2. The molecule has 4 aliphatic heterocycles. The van der Waals surface area contributed by atoms with Gasteiger partial charge in [-0.1, -0.05) is 348 Å². The second-order valence-electron chi connectivity index (χ2n) is 42.4. The average molecular weight is 1460 g/mol. The minimum atomic E-state index is -0.168. The number of hydrogen-bond acceptors (Lipinski definition) is 0. The smallest absolute Gasteiger partial charge is 0.333 e. The molecule has 0 unspecified atom stereocenters. The molecule has 0 fully saturated rings. The highest BCUT2D eigenvalue weighted by atomic mass is 15.1. The lowest BCUT2D eigenvalue weighted by atomic mass is 9.45. The van der Waals surface area contributed by atoms with Gasteiger partial charge in [-0.05, 0) is 190 Å². The topological polar surface area (TPSA) is 19.7 Å². The first-order valence-corrected chi connectivity index (χ1v) is 41.3. The maximum absolute atomic E-state index is 2.87. The molecule has 0 bridgehead atoms. The van der Waals surface area contributed by atoms with Crippen LogP contribution < -0.4 is 21.9 Å². The third-order valence-electron chi connectivity index (χ3n) is 26.5. The van der Waals surface area contributed by atoms with Gasteiger partial charge in [0.05, 0.1) is 33.1 Å². The molecule has 4 aromatic heterocycles. The summed E-state index contributed by atoms with van der Waals surface area (Å²) < 4.78 is 11.2. The highest BCUT2D eigenvalue weighted by Gasteiger charge is 2.47. The lowest BCUT2D eigenvalue weighted by Gasteiger charge is -2.34. The Bertz CT molecular complexity index is 6340. The largest absolute Gasteiger partial charge is 0.374 e. The predicted octanol–water partition coefficient (Wildman–Crippen LogP) is 25.9. The van der Waals surface area contributed by atoms with Crippen molar-refractivity contribution in [1.82, 2.24) is 18.1 Å². The maximum Gasteiger partial charge on any atom is 0.333 e. The Morgan fingerprint density at radius 3 is 0.759 bits per heavy atom. The van der Waals surface area contributed by atoms with Crippen LogP contribution in [0.25, 0.3) is 155 Å². The molecule has 4 nitrogen and oxygen atoms in total. The Hall–Kier alpha value is -10.3. The summed E-state index contributed by atoms with van der Waals surface area (Å²) >= 11 is 0. The van der Waals surface area contributed by atoms with Crippen LogP contribution in [-0.2, 0) is 43.3 Å². The molecule has 0 saturated carbocycles. The van der Waals surface area contributed by atoms with Gasteiger partial charge in [-0.2, -0.15) is 0 Å². The van der Waals surface area contributed by atoms with Crippen LogP contribution in [-0.4, -0.2) is 31.8 Å². The molecule has 0 saturated heterocycles. The first-order valence-electron chi connectivity index (χ1n) is 41.3. The van der Waals surface area contributed by atoms with Crippen LogP contribution in [0.3, 0.4) is 0 Å². The van der Waals surface area contributed by atoms with Crippen LogP contribution in [0.4, 0.5) is 0 Å². The maximum atomic E-state index is 2.87. The summed E-state index contributed by atoms with van der Waals surface area (Å²) in [6.07, 6.45) is 0. The van der Waals surface area contributed by atoms with Crippen LogP contribution in [0.5, 0.6) is 0 Å². The van der Waals surface area contributed by atoms with Gasteiger partial charge in [0, 0.05) is 65.9 Å². The van der Waals surface area contributed by atoms with E-state index in [9.17, 15) is 0 Å². The summed E-state index contributed by atoms with van der Waals surface area (Å²) in [7, 11) is 0. The highest BCUT2D eigenvalue weighted by Crippen LogP contribution is 2.52. The van der Waals surface area contributed by atoms with Crippen molar-refractivity contribution >= 4 is 112 Å². The monoisotopic (exact) mass is 1460 g/mol. The fourth-order valence-corrected chi connectivity index (χ4v) is 19.8. The van der Waals surface area contributed by atoms with Crippen molar-refractivity contribution in [1.29, 1.82) is 0 Å². The normalized spacial score (nSPS) is 14.2. The number of para-hydroxylation sites is 2. The molecular weight excluding hydrogens is 1350 g/mol. The van der Waals surface area contributed by atoms with Crippen molar-refractivity contribution in [2.45, 2.75) is 209 Å². The zero-order chi connectivity index (χ0) is 78.6. The second-order valence-corrected chi connectivity index (χ2v) is 42.4. The van der Waals surface area contributed by atoms with Crippen LogP contribution in [0.2, 0.25) is 0 Å². The molecule has 4 aliphatic rings. The zero-order valence-corrected chi connectivity index (χ0v) is 70.6. The second kappa shape index (κ2) is 22.8. The SMILES string of the molecule is CC(C)(C)c1cc(-c2ccc3c(c2)-n2c4cc(-c5cc(C(C)(C)C)cc(C(C)(C)C)c5)ccc4c4ccc5c(c42)B3n2c3c-5cccc3c3c2c2cccc4c2n3B2c3ccc(-c5cc(C(C)(C)C)cc(C(C)(C)C)c5)cc3-n3c5cc(-c6cc(C(C)(C)C)cc(C(C)(C)C)c6)ccc5c5ccc-4c2c53)cc(C(C)(C)C)c1. The number of fused-ring (bicyclic) bond motifs is 21. The van der Waals surface area contributed by atoms with E-state index in [0.717, 1.165) is 0 Å². The molecule has 556 valence electrons. The summed E-state index contributed by atoms with van der Waals surface area (Å²) in [6.45, 7) is 56.3. The van der Waals surface area contributed by atoms with Crippen molar-refractivity contribution in [3.05, 3.63) is 251 Å². The molecule has 20 rings (SSSR count). The fraction of sp³-hybridized carbons (Fsp3) is 0.302. The Morgan fingerprint density at radius 2 is 0.473 bits per heavy atom. The van der Waals surface area contributed by atoms with E-state index >= 15 is 0 Å². The van der Waals surface area contributed by atoms with E-state index in [1.54, 1.807) is 0 Å². The van der Waals surface area contributed by atoms with Crippen molar-refractivity contribution in [3.63, 3.8) is 0 Å². The van der Waals surface area contributed by atoms with Gasteiger partial charge in [0.25, 0.3) is 0 Å². The molecule has 0 amide bonds. The Labute approximate surface area is 664 Å². The van der Waals surface area contributed by atoms with Gasteiger partial charge < -0.3 is 18.1 Å². The molecule has 0 atom stereocenters. The first-order chi connectivity index (χ1) is 52.6. The van der Waals surface area contributed by atoms with E-state index in [1.165, 1.54) is 221 Å². The molecule has 0 N–H and O–H groups in total. The lowest BCUT2D eigenvalue weighted by Crippen LogP contribution is -2.55. The van der Waals surface area contributed by atoms with E-state index < -0.39 is 0 Å². The Morgan fingerprint density at radius 1 is 0.205 bits per heavy atom. The number of nitrogens with zero attached hydrogens (tertiary/aromatic N) is 4. The van der Waals surface area contributed by atoms with E-state index in [4.69, 9.17) is 0 Å². The van der Waals surface area contributed by atoms with Gasteiger partial charge in [-0.3, -0.25) is 0 Å². The number of hydrogen-bond donors (Lipinski definition) is 0. The molecule has 12 aromatic carbocycles. The van der Waals surface area contributed by atoms with E-state index in [1.807, 2.05) is 0 Å². The first kappa shape index (κ1) is 70.8. The minimum Gasteiger partial charge on any atom is -0.374 e. The Kier molecular flexibility index (Phi) is 14.4. The van der Waals surface area contributed by atoms with Crippen molar-refractivity contribution in [2.24, 2.45) is 0 Å². The third-order valence-corrected chi connectivity index (χ3v) is 26.5. The van der Waals surface area contributed by atoms with Crippen molar-refractivity contribution in [2.75, 3.05) is 0 Å². The molecule has 8 heterocycles. The quantitative estimate of drug-likeness (QED) is 0.157. The predicted molar refractivity (Wildman–Crippen MR) is 487 cm³/mol. The van der Waals surface area contributed by atoms with Gasteiger partial charge in [-0.15, -0.1) is 0 Å². The summed E-state index contributed by atoms with van der Waals surface area (Å²) in [5, 5.41) is 7.72. The third kappa shape index (κ3) is 10.3. The van der Waals surface area contributed by atoms with E-state index in [-0.39, 0.29) is 57.0 Å². The minimum absolute atomic E-state index is 0.0322. The summed E-state index contributed by atoms with van der Waals surface area (Å²) in [5.74, 6) is 0. The molecular formula is C106H106B2N4. The van der Waals surface area contributed by atoms with Gasteiger partial charge >= 0.3 is 13.7 Å². The van der Waals surface area contributed by atoms with Gasteiger partial charge in [0.2, 0.25) is 0 Å². The standard InChI is InChI=1S/C106H106B2N4/c1-99(2,3)67-43-63(44-68(55-67)100(4,5)6)59-31-35-75-81-39-37-77-79-27-25-29-83-93(79)111(107-85-41-33-61(53-89(85)109(87(75)51-59)95(81)91(77)107)65-47-71(103(13,14)15)57-72(48-65)104(16,17)18)97-84-30-26-28-80-78-38-40-82-76-36-32-60(64-45-69(101(7,8)9)56-70(46-64)102(10,11)12)52-88(76)110-90-54-62(66-49-73(105(19,20)21)58-74(50-66)106(22,23)24)34-42-86(90)108(92(78)96(82)110)112(94(80)84)98(83)97/h25-58H,1-24H3. The van der Waals surface area contributed by atoms with Crippen LogP contribution in [0.15, 0.2) is 206 Å². The average Bonchev–Trinajstić information content (AvgIpc) is 1.48. The fourth-order valence-electron chi connectivity index (χ4n) is 19.8. The van der Waals surface area contributed by atoms with Crippen molar-refractivity contribution in [3.8, 4) is 78.1 Å². The summed E-state index contributed by atoms with van der Waals surface area (Å²) in [5.41, 5.74) is 43.9. The number of aromatic nitrogens is 4. The lowest BCUT2D eigenvalue weighted by molar-refractivity contribution is 0.568. The number of rotatable bonds is 4. The molecule has 0 aliphatic carbocycles. The van der Waals surface area contributed by atoms with E-state index in [2.05, 4.69) is 391 Å². The van der Waals surface area contributed by atoms with Crippen LogP contribution in [0.1, 0.15) is 211 Å².